The normalized spacial score (nSPS) is 12.3. The summed E-state index contributed by atoms with van der Waals surface area (Å²) in [6.07, 6.45) is 1.78. The molecule has 3 rings (SSSR count). The van der Waals surface area contributed by atoms with Gasteiger partial charge in [0.05, 0.1) is 5.69 Å². The highest BCUT2D eigenvalue weighted by Crippen LogP contribution is 2.36. The lowest BCUT2D eigenvalue weighted by Crippen LogP contribution is -2.21. The molecule has 0 radical (unpaired) electrons. The zero-order chi connectivity index (χ0) is 17.8. The van der Waals surface area contributed by atoms with Crippen LogP contribution in [0.1, 0.15) is 18.9 Å². The third-order valence-corrected chi connectivity index (χ3v) is 5.89. The molecule has 0 saturated carbocycles. The van der Waals surface area contributed by atoms with Gasteiger partial charge < -0.3 is 5.73 Å². The van der Waals surface area contributed by atoms with Gasteiger partial charge in [-0.25, -0.2) is 0 Å². The van der Waals surface area contributed by atoms with E-state index in [0.717, 1.165) is 33.6 Å². The second-order valence-corrected chi connectivity index (χ2v) is 8.03. The fourth-order valence-electron chi connectivity index (χ4n) is 2.71. The summed E-state index contributed by atoms with van der Waals surface area (Å²) in [5.41, 5.74) is 9.70. The first-order valence-corrected chi connectivity index (χ1v) is 9.99. The summed E-state index contributed by atoms with van der Waals surface area (Å²) in [4.78, 5) is 1.19. The van der Waals surface area contributed by atoms with Crippen molar-refractivity contribution in [2.45, 2.75) is 35.7 Å². The molecule has 130 valence electrons. The van der Waals surface area contributed by atoms with Crippen LogP contribution in [0.15, 0.2) is 69.0 Å². The lowest BCUT2D eigenvalue weighted by atomic mass is 10.0. The summed E-state index contributed by atoms with van der Waals surface area (Å²) in [6, 6.07) is 18.8. The van der Waals surface area contributed by atoms with Crippen molar-refractivity contribution in [3.63, 3.8) is 0 Å². The first kappa shape index (κ1) is 18.2. The summed E-state index contributed by atoms with van der Waals surface area (Å²) in [5.74, 6) is 0. The Labute approximate surface area is 161 Å². The van der Waals surface area contributed by atoms with Gasteiger partial charge >= 0.3 is 0 Å². The van der Waals surface area contributed by atoms with Crippen LogP contribution in [-0.2, 0) is 13.5 Å². The molecular formula is C20H22BrN3S. The van der Waals surface area contributed by atoms with Gasteiger partial charge in [-0.05, 0) is 37.1 Å². The molecule has 1 aromatic heterocycles. The summed E-state index contributed by atoms with van der Waals surface area (Å²) >= 11 is 5.23. The highest BCUT2D eigenvalue weighted by Gasteiger charge is 2.20. The van der Waals surface area contributed by atoms with E-state index < -0.39 is 0 Å². The zero-order valence-corrected chi connectivity index (χ0v) is 16.8. The molecule has 0 bridgehead atoms. The maximum Gasteiger partial charge on any atom is 0.102 e. The molecule has 2 N–H and O–H groups in total. The van der Waals surface area contributed by atoms with E-state index in [1.54, 1.807) is 11.8 Å². The van der Waals surface area contributed by atoms with E-state index in [0.29, 0.717) is 0 Å². The van der Waals surface area contributed by atoms with E-state index in [9.17, 15) is 0 Å². The molecule has 1 heterocycles. The Bertz CT molecular complexity index is 828. The Morgan fingerprint density at radius 1 is 1.12 bits per heavy atom. The van der Waals surface area contributed by atoms with Crippen molar-refractivity contribution in [1.82, 2.24) is 9.78 Å². The molecule has 1 atom stereocenters. The van der Waals surface area contributed by atoms with Crippen molar-refractivity contribution in [3.05, 3.63) is 64.6 Å². The van der Waals surface area contributed by atoms with Crippen LogP contribution in [0.3, 0.4) is 0 Å². The number of rotatable bonds is 6. The molecule has 0 saturated heterocycles. The topological polar surface area (TPSA) is 43.8 Å². The van der Waals surface area contributed by atoms with Crippen molar-refractivity contribution < 1.29 is 0 Å². The van der Waals surface area contributed by atoms with Crippen LogP contribution < -0.4 is 5.73 Å². The Hall–Kier alpha value is -1.56. The van der Waals surface area contributed by atoms with Crippen LogP contribution in [0, 0.1) is 0 Å². The Morgan fingerprint density at radius 2 is 1.80 bits per heavy atom. The first-order chi connectivity index (χ1) is 12.1. The van der Waals surface area contributed by atoms with Crippen LogP contribution in [-0.4, -0.2) is 15.8 Å². The van der Waals surface area contributed by atoms with E-state index >= 15 is 0 Å². The summed E-state index contributed by atoms with van der Waals surface area (Å²) < 4.78 is 3.06. The second kappa shape index (κ2) is 8.21. The number of aromatic nitrogens is 2. The molecule has 0 aliphatic rings. The molecule has 0 aliphatic heterocycles. The molecule has 0 spiro atoms. The SMILES string of the molecule is CCC(N)Cc1c(-c2ccccc2)nn(C)c1Sc1ccc(Br)cc1. The molecule has 1 unspecified atom stereocenters. The van der Waals surface area contributed by atoms with E-state index in [4.69, 9.17) is 10.8 Å². The number of benzene rings is 2. The number of halogens is 1. The summed E-state index contributed by atoms with van der Waals surface area (Å²) in [5, 5.41) is 5.97. The van der Waals surface area contributed by atoms with Crippen LogP contribution >= 0.6 is 27.7 Å². The molecule has 25 heavy (non-hydrogen) atoms. The highest BCUT2D eigenvalue weighted by molar-refractivity contribution is 9.10. The van der Waals surface area contributed by atoms with Crippen molar-refractivity contribution in [1.29, 1.82) is 0 Å². The second-order valence-electron chi connectivity index (χ2n) is 6.05. The van der Waals surface area contributed by atoms with Crippen LogP contribution in [0.4, 0.5) is 0 Å². The van der Waals surface area contributed by atoms with Gasteiger partial charge in [0.15, 0.2) is 0 Å². The molecule has 0 aliphatic carbocycles. The van der Waals surface area contributed by atoms with E-state index in [-0.39, 0.29) is 6.04 Å². The molecule has 5 heteroatoms. The zero-order valence-electron chi connectivity index (χ0n) is 14.4. The van der Waals surface area contributed by atoms with Crippen molar-refractivity contribution in [2.24, 2.45) is 12.8 Å². The van der Waals surface area contributed by atoms with Crippen molar-refractivity contribution >= 4 is 27.7 Å². The van der Waals surface area contributed by atoms with Gasteiger partial charge in [-0.1, -0.05) is 64.9 Å². The van der Waals surface area contributed by atoms with Crippen molar-refractivity contribution in [2.75, 3.05) is 0 Å². The number of nitrogens with two attached hydrogens (primary N) is 1. The number of hydrogen-bond acceptors (Lipinski definition) is 3. The Balaban J connectivity index is 2.04. The van der Waals surface area contributed by atoms with E-state index in [2.05, 4.69) is 71.4 Å². The quantitative estimate of drug-likeness (QED) is 0.595. The van der Waals surface area contributed by atoms with Gasteiger partial charge in [-0.3, -0.25) is 4.68 Å². The largest absolute Gasteiger partial charge is 0.327 e. The average Bonchev–Trinajstić information content (AvgIpc) is 2.93. The fraction of sp³-hybridized carbons (Fsp3) is 0.250. The number of hydrogen-bond donors (Lipinski definition) is 1. The maximum atomic E-state index is 6.29. The van der Waals surface area contributed by atoms with Crippen LogP contribution in [0.2, 0.25) is 0 Å². The van der Waals surface area contributed by atoms with Gasteiger partial charge in [0.2, 0.25) is 0 Å². The monoisotopic (exact) mass is 415 g/mol. The van der Waals surface area contributed by atoms with Crippen LogP contribution in [0.5, 0.6) is 0 Å². The third kappa shape index (κ3) is 4.35. The molecule has 3 nitrogen and oxygen atoms in total. The van der Waals surface area contributed by atoms with Crippen LogP contribution in [0.25, 0.3) is 11.3 Å². The highest BCUT2D eigenvalue weighted by atomic mass is 79.9. The van der Waals surface area contributed by atoms with Gasteiger partial charge in [0, 0.05) is 33.6 Å². The predicted octanol–water partition coefficient (Wildman–Crippen LogP) is 5.28. The fourth-order valence-corrected chi connectivity index (χ4v) is 3.95. The summed E-state index contributed by atoms with van der Waals surface area (Å²) in [6.45, 7) is 2.13. The average molecular weight is 416 g/mol. The third-order valence-electron chi connectivity index (χ3n) is 4.15. The standard InChI is InChI=1S/C20H22BrN3S/c1-3-16(22)13-18-19(14-7-5-4-6-8-14)23-24(2)20(18)25-17-11-9-15(21)10-12-17/h4-12,16H,3,13,22H2,1-2H3. The Kier molecular flexibility index (Phi) is 5.99. The van der Waals surface area contributed by atoms with Gasteiger partial charge in [0.1, 0.15) is 5.03 Å². The maximum absolute atomic E-state index is 6.29. The summed E-state index contributed by atoms with van der Waals surface area (Å²) in [7, 11) is 2.01. The van der Waals surface area contributed by atoms with Gasteiger partial charge in [-0.15, -0.1) is 0 Å². The van der Waals surface area contributed by atoms with Gasteiger partial charge in [0.25, 0.3) is 0 Å². The molecule has 0 amide bonds. The molecule has 0 fully saturated rings. The molecule has 3 aromatic rings. The molecular weight excluding hydrogens is 394 g/mol. The van der Waals surface area contributed by atoms with E-state index in [1.807, 2.05) is 17.8 Å². The van der Waals surface area contributed by atoms with E-state index in [1.165, 1.54) is 10.5 Å². The Morgan fingerprint density at radius 3 is 2.44 bits per heavy atom. The first-order valence-electron chi connectivity index (χ1n) is 8.38. The lowest BCUT2D eigenvalue weighted by Gasteiger charge is -2.12. The number of aryl methyl sites for hydroxylation is 1. The minimum absolute atomic E-state index is 0.135. The minimum Gasteiger partial charge on any atom is -0.327 e. The number of nitrogens with zero attached hydrogens (tertiary/aromatic N) is 2. The minimum atomic E-state index is 0.135. The predicted molar refractivity (Wildman–Crippen MR) is 109 cm³/mol. The lowest BCUT2D eigenvalue weighted by molar-refractivity contribution is 0.631. The van der Waals surface area contributed by atoms with Crippen molar-refractivity contribution in [3.8, 4) is 11.3 Å². The molecule has 2 aromatic carbocycles. The smallest absolute Gasteiger partial charge is 0.102 e. The van der Waals surface area contributed by atoms with Gasteiger partial charge in [-0.2, -0.15) is 5.10 Å².